The zero-order valence-electron chi connectivity index (χ0n) is 7.23. The molecule has 0 aliphatic carbocycles. The van der Waals surface area contributed by atoms with Crippen molar-refractivity contribution in [1.82, 2.24) is 0 Å². The van der Waals surface area contributed by atoms with Crippen LogP contribution in [0.25, 0.3) is 0 Å². The zero-order chi connectivity index (χ0) is 8.20. The molecule has 0 rings (SSSR count). The van der Waals surface area contributed by atoms with Crippen LogP contribution in [0.4, 0.5) is 0 Å². The van der Waals surface area contributed by atoms with Crippen LogP contribution < -0.4 is 0 Å². The van der Waals surface area contributed by atoms with Crippen LogP contribution in [-0.4, -0.2) is 11.2 Å². The van der Waals surface area contributed by atoms with Gasteiger partial charge in [-0.15, -0.1) is 5.92 Å². The van der Waals surface area contributed by atoms with Crippen LogP contribution in [0.3, 0.4) is 0 Å². The predicted molar refractivity (Wildman–Crippen MR) is 43.5 cm³/mol. The van der Waals surface area contributed by atoms with Crippen LogP contribution >= 0.6 is 0 Å². The zero-order valence-corrected chi connectivity index (χ0v) is 7.23. The molecule has 10 heavy (non-hydrogen) atoms. The van der Waals surface area contributed by atoms with Crippen LogP contribution in [0.1, 0.15) is 34.1 Å². The average Bonchev–Trinajstić information content (AvgIpc) is 1.59. The van der Waals surface area contributed by atoms with Crippen molar-refractivity contribution in [2.75, 3.05) is 0 Å². The van der Waals surface area contributed by atoms with E-state index >= 15 is 0 Å². The largest absolute Gasteiger partial charge is 0.392 e. The molecule has 58 valence electrons. The van der Waals surface area contributed by atoms with Gasteiger partial charge in [0, 0.05) is 11.8 Å². The molecule has 1 nitrogen and oxygen atoms in total. The Labute approximate surface area is 63.5 Å². The van der Waals surface area contributed by atoms with Gasteiger partial charge < -0.3 is 5.11 Å². The SMILES string of the molecule is CC(O)CC#CC(C)(C)C. The first-order valence-electron chi connectivity index (χ1n) is 3.60. The molecule has 0 aromatic heterocycles. The Kier molecular flexibility index (Phi) is 3.46. The second kappa shape index (κ2) is 3.63. The molecule has 0 aliphatic rings. The summed E-state index contributed by atoms with van der Waals surface area (Å²) in [6, 6.07) is 0. The van der Waals surface area contributed by atoms with Crippen LogP contribution in [0.2, 0.25) is 0 Å². The van der Waals surface area contributed by atoms with Crippen molar-refractivity contribution in [2.45, 2.75) is 40.2 Å². The topological polar surface area (TPSA) is 20.2 Å². The van der Waals surface area contributed by atoms with E-state index in [1.807, 2.05) is 0 Å². The van der Waals surface area contributed by atoms with Crippen molar-refractivity contribution in [3.63, 3.8) is 0 Å². The van der Waals surface area contributed by atoms with Crippen molar-refractivity contribution in [1.29, 1.82) is 0 Å². The minimum absolute atomic E-state index is 0.0644. The third-order valence-corrected chi connectivity index (χ3v) is 0.861. The van der Waals surface area contributed by atoms with E-state index in [1.54, 1.807) is 6.92 Å². The molecule has 0 saturated carbocycles. The average molecular weight is 140 g/mol. The molecule has 1 N–H and O–H groups in total. The van der Waals surface area contributed by atoms with E-state index in [2.05, 4.69) is 32.6 Å². The van der Waals surface area contributed by atoms with Crippen molar-refractivity contribution in [3.8, 4) is 11.8 Å². The molecule has 1 heteroatoms. The first-order chi connectivity index (χ1) is 4.42. The normalized spacial score (nSPS) is 13.7. The number of aliphatic hydroxyl groups is 1. The second-order valence-electron chi connectivity index (χ2n) is 3.60. The first-order valence-corrected chi connectivity index (χ1v) is 3.60. The molecular weight excluding hydrogens is 124 g/mol. The quantitative estimate of drug-likeness (QED) is 0.551. The molecule has 0 heterocycles. The highest BCUT2D eigenvalue weighted by Gasteiger charge is 2.02. The van der Waals surface area contributed by atoms with Gasteiger partial charge in [-0.05, 0) is 27.7 Å². The molecule has 0 fully saturated rings. The smallest absolute Gasteiger partial charge is 0.0621 e. The molecule has 0 bridgehead atoms. The van der Waals surface area contributed by atoms with Crippen LogP contribution in [-0.2, 0) is 0 Å². The van der Waals surface area contributed by atoms with Gasteiger partial charge in [-0.3, -0.25) is 0 Å². The summed E-state index contributed by atoms with van der Waals surface area (Å²) in [6.45, 7) is 7.92. The van der Waals surface area contributed by atoms with Gasteiger partial charge in [-0.2, -0.15) is 0 Å². The van der Waals surface area contributed by atoms with E-state index in [4.69, 9.17) is 5.11 Å². The van der Waals surface area contributed by atoms with Crippen LogP contribution in [0, 0.1) is 17.3 Å². The lowest BCUT2D eigenvalue weighted by atomic mass is 9.98. The first kappa shape index (κ1) is 9.52. The Morgan fingerprint density at radius 1 is 1.40 bits per heavy atom. The summed E-state index contributed by atoms with van der Waals surface area (Å²) in [7, 11) is 0. The molecule has 0 spiro atoms. The standard InChI is InChI=1S/C9H16O/c1-8(10)6-5-7-9(2,3)4/h8,10H,6H2,1-4H3. The maximum atomic E-state index is 8.85. The minimum atomic E-state index is -0.296. The molecular formula is C9H16O. The predicted octanol–water partition coefficient (Wildman–Crippen LogP) is 1.81. The van der Waals surface area contributed by atoms with E-state index in [0.29, 0.717) is 6.42 Å². The monoisotopic (exact) mass is 140 g/mol. The van der Waals surface area contributed by atoms with Gasteiger partial charge in [0.2, 0.25) is 0 Å². The summed E-state index contributed by atoms with van der Waals surface area (Å²) in [5.74, 6) is 5.97. The molecule has 0 amide bonds. The fourth-order valence-corrected chi connectivity index (χ4v) is 0.464. The summed E-state index contributed by atoms with van der Waals surface area (Å²) in [6.07, 6.45) is 0.284. The fraction of sp³-hybridized carbons (Fsp3) is 0.778. The lowest BCUT2D eigenvalue weighted by Gasteiger charge is -2.06. The number of hydrogen-bond donors (Lipinski definition) is 1. The molecule has 0 aromatic rings. The third kappa shape index (κ3) is 7.52. The highest BCUT2D eigenvalue weighted by atomic mass is 16.3. The van der Waals surface area contributed by atoms with Gasteiger partial charge in [0.25, 0.3) is 0 Å². The fourth-order valence-electron chi connectivity index (χ4n) is 0.464. The Hall–Kier alpha value is -0.480. The molecule has 0 saturated heterocycles. The van der Waals surface area contributed by atoms with Crippen molar-refractivity contribution in [2.24, 2.45) is 5.41 Å². The summed E-state index contributed by atoms with van der Waals surface area (Å²) in [5, 5.41) is 8.85. The lowest BCUT2D eigenvalue weighted by molar-refractivity contribution is 0.201. The van der Waals surface area contributed by atoms with Crippen LogP contribution in [0.5, 0.6) is 0 Å². The van der Waals surface area contributed by atoms with E-state index in [9.17, 15) is 0 Å². The minimum Gasteiger partial charge on any atom is -0.392 e. The van der Waals surface area contributed by atoms with Gasteiger partial charge in [0.1, 0.15) is 0 Å². The summed E-state index contributed by atoms with van der Waals surface area (Å²) >= 11 is 0. The van der Waals surface area contributed by atoms with Crippen molar-refractivity contribution >= 4 is 0 Å². The molecule has 0 aromatic carbocycles. The van der Waals surface area contributed by atoms with E-state index < -0.39 is 0 Å². The molecule has 0 aliphatic heterocycles. The van der Waals surface area contributed by atoms with Gasteiger partial charge in [0.15, 0.2) is 0 Å². The highest BCUT2D eigenvalue weighted by molar-refractivity contribution is 5.07. The Balaban J connectivity index is 3.71. The second-order valence-corrected chi connectivity index (χ2v) is 3.60. The van der Waals surface area contributed by atoms with E-state index in [1.165, 1.54) is 0 Å². The van der Waals surface area contributed by atoms with Gasteiger partial charge in [-0.25, -0.2) is 0 Å². The number of rotatable bonds is 1. The Morgan fingerprint density at radius 2 is 1.90 bits per heavy atom. The molecule has 1 atom stereocenters. The summed E-state index contributed by atoms with van der Waals surface area (Å²) in [4.78, 5) is 0. The third-order valence-electron chi connectivity index (χ3n) is 0.861. The maximum Gasteiger partial charge on any atom is 0.0621 e. The summed E-state index contributed by atoms with van der Waals surface area (Å²) < 4.78 is 0. The van der Waals surface area contributed by atoms with Gasteiger partial charge in [0.05, 0.1) is 6.10 Å². The van der Waals surface area contributed by atoms with Crippen molar-refractivity contribution in [3.05, 3.63) is 0 Å². The highest BCUT2D eigenvalue weighted by Crippen LogP contribution is 2.09. The lowest BCUT2D eigenvalue weighted by Crippen LogP contribution is -2.01. The Bertz CT molecular complexity index is 140. The molecule has 1 unspecified atom stereocenters. The number of hydrogen-bond acceptors (Lipinski definition) is 1. The van der Waals surface area contributed by atoms with Gasteiger partial charge in [-0.1, -0.05) is 5.92 Å². The van der Waals surface area contributed by atoms with Crippen LogP contribution in [0.15, 0.2) is 0 Å². The van der Waals surface area contributed by atoms with Crippen molar-refractivity contribution < 1.29 is 5.11 Å². The summed E-state index contributed by atoms with van der Waals surface area (Å²) in [5.41, 5.74) is 0.0644. The van der Waals surface area contributed by atoms with E-state index in [-0.39, 0.29) is 11.5 Å². The van der Waals surface area contributed by atoms with E-state index in [0.717, 1.165) is 0 Å². The molecule has 0 radical (unpaired) electrons. The number of aliphatic hydroxyl groups excluding tert-OH is 1. The van der Waals surface area contributed by atoms with Gasteiger partial charge >= 0.3 is 0 Å². The maximum absolute atomic E-state index is 8.85. The Morgan fingerprint density at radius 3 is 2.20 bits per heavy atom.